The van der Waals surface area contributed by atoms with Gasteiger partial charge in [0.2, 0.25) is 5.91 Å². The number of rotatable bonds is 5. The van der Waals surface area contributed by atoms with E-state index in [1.165, 1.54) is 0 Å². The van der Waals surface area contributed by atoms with Crippen molar-refractivity contribution < 1.29 is 14.3 Å². The van der Waals surface area contributed by atoms with E-state index in [0.29, 0.717) is 5.75 Å². The maximum absolute atomic E-state index is 12.5. The third kappa shape index (κ3) is 3.31. The van der Waals surface area contributed by atoms with Gasteiger partial charge in [0, 0.05) is 29.4 Å². The van der Waals surface area contributed by atoms with Crippen LogP contribution in [0.4, 0.5) is 5.69 Å². The second kappa shape index (κ2) is 6.89. The summed E-state index contributed by atoms with van der Waals surface area (Å²) in [5.41, 5.74) is 3.97. The zero-order valence-corrected chi connectivity index (χ0v) is 14.9. The Morgan fingerprint density at radius 3 is 2.64 bits per heavy atom. The molecule has 3 aromatic rings. The van der Waals surface area contributed by atoms with Gasteiger partial charge in [-0.1, -0.05) is 12.1 Å². The zero-order valence-electron chi connectivity index (χ0n) is 14.9. The van der Waals surface area contributed by atoms with Crippen molar-refractivity contribution in [1.82, 2.24) is 4.57 Å². The van der Waals surface area contributed by atoms with Gasteiger partial charge in [0.1, 0.15) is 18.0 Å². The molecule has 1 amide bonds. The van der Waals surface area contributed by atoms with Crippen molar-refractivity contribution >= 4 is 22.5 Å². The first-order chi connectivity index (χ1) is 12.0. The number of methoxy groups -OCH3 is 2. The Hall–Kier alpha value is -2.95. The molecule has 5 nitrogen and oxygen atoms in total. The third-order valence-electron chi connectivity index (χ3n) is 4.47. The highest BCUT2D eigenvalue weighted by molar-refractivity contribution is 5.94. The van der Waals surface area contributed by atoms with Crippen LogP contribution < -0.4 is 14.8 Å². The number of ether oxygens (including phenoxy) is 2. The van der Waals surface area contributed by atoms with Crippen molar-refractivity contribution in [3.8, 4) is 11.5 Å². The minimum Gasteiger partial charge on any atom is -0.497 e. The number of carbonyl (C=O) groups is 1. The van der Waals surface area contributed by atoms with Gasteiger partial charge in [-0.25, -0.2) is 0 Å². The number of benzene rings is 2. The lowest BCUT2D eigenvalue weighted by molar-refractivity contribution is -0.116. The molecular weight excluding hydrogens is 316 g/mol. The third-order valence-corrected chi connectivity index (χ3v) is 4.47. The summed E-state index contributed by atoms with van der Waals surface area (Å²) in [7, 11) is 3.24. The van der Waals surface area contributed by atoms with E-state index in [9.17, 15) is 4.79 Å². The summed E-state index contributed by atoms with van der Waals surface area (Å²) in [5, 5.41) is 3.94. The maximum atomic E-state index is 12.5. The van der Waals surface area contributed by atoms with E-state index in [1.54, 1.807) is 14.2 Å². The van der Waals surface area contributed by atoms with Crippen LogP contribution >= 0.6 is 0 Å². The quantitative estimate of drug-likeness (QED) is 0.767. The fraction of sp³-hybridized carbons (Fsp3) is 0.250. The van der Waals surface area contributed by atoms with Crippen molar-refractivity contribution in [2.24, 2.45) is 0 Å². The molecule has 2 aromatic carbocycles. The number of aromatic nitrogens is 1. The molecule has 5 heteroatoms. The second-order valence-electron chi connectivity index (χ2n) is 6.00. The van der Waals surface area contributed by atoms with Crippen molar-refractivity contribution in [2.75, 3.05) is 19.5 Å². The van der Waals surface area contributed by atoms with Gasteiger partial charge in [-0.2, -0.15) is 0 Å². The topological polar surface area (TPSA) is 52.5 Å². The Morgan fingerprint density at radius 1 is 1.12 bits per heavy atom. The molecule has 0 saturated carbocycles. The first-order valence-electron chi connectivity index (χ1n) is 8.10. The van der Waals surface area contributed by atoms with Crippen LogP contribution in [0.25, 0.3) is 10.9 Å². The number of hydrogen-bond donors (Lipinski definition) is 1. The van der Waals surface area contributed by atoms with Crippen LogP contribution in [0.3, 0.4) is 0 Å². The van der Waals surface area contributed by atoms with Gasteiger partial charge in [-0.15, -0.1) is 0 Å². The lowest BCUT2D eigenvalue weighted by Gasteiger charge is -2.12. The number of carbonyl (C=O) groups excluding carboxylic acids is 1. The molecule has 1 aromatic heterocycles. The van der Waals surface area contributed by atoms with Gasteiger partial charge < -0.3 is 19.4 Å². The lowest BCUT2D eigenvalue weighted by atomic mass is 10.1. The summed E-state index contributed by atoms with van der Waals surface area (Å²) in [6, 6.07) is 11.6. The fourth-order valence-corrected chi connectivity index (χ4v) is 2.89. The molecule has 0 atom stereocenters. The van der Waals surface area contributed by atoms with E-state index in [0.717, 1.165) is 33.5 Å². The molecule has 25 heavy (non-hydrogen) atoms. The number of amides is 1. The molecule has 130 valence electrons. The first-order valence-corrected chi connectivity index (χ1v) is 8.10. The van der Waals surface area contributed by atoms with Crippen molar-refractivity contribution in [3.63, 3.8) is 0 Å². The van der Waals surface area contributed by atoms with Crippen LogP contribution in [0.2, 0.25) is 0 Å². The summed E-state index contributed by atoms with van der Waals surface area (Å²) >= 11 is 0. The molecule has 0 fully saturated rings. The molecule has 0 saturated heterocycles. The molecule has 0 spiro atoms. The normalized spacial score (nSPS) is 10.7. The van der Waals surface area contributed by atoms with E-state index in [4.69, 9.17) is 9.47 Å². The Labute approximate surface area is 147 Å². The Kier molecular flexibility index (Phi) is 4.65. The highest BCUT2D eigenvalue weighted by atomic mass is 16.5. The minimum absolute atomic E-state index is 0.0759. The molecule has 0 radical (unpaired) electrons. The largest absolute Gasteiger partial charge is 0.497 e. The van der Waals surface area contributed by atoms with Gasteiger partial charge in [0.05, 0.1) is 19.7 Å². The summed E-state index contributed by atoms with van der Waals surface area (Å²) in [5.74, 6) is 1.34. The maximum Gasteiger partial charge on any atom is 0.244 e. The number of nitrogens with one attached hydrogen (secondary N) is 1. The van der Waals surface area contributed by atoms with Crippen LogP contribution in [0, 0.1) is 13.8 Å². The van der Waals surface area contributed by atoms with Crippen LogP contribution in [0.15, 0.2) is 42.6 Å². The Bertz CT molecular complexity index is 928. The van der Waals surface area contributed by atoms with Gasteiger partial charge in [0.15, 0.2) is 0 Å². The molecule has 0 aliphatic carbocycles. The van der Waals surface area contributed by atoms with E-state index >= 15 is 0 Å². The van der Waals surface area contributed by atoms with E-state index in [-0.39, 0.29) is 12.5 Å². The highest BCUT2D eigenvalue weighted by Gasteiger charge is 2.12. The van der Waals surface area contributed by atoms with Gasteiger partial charge >= 0.3 is 0 Å². The Balaban J connectivity index is 1.87. The lowest BCUT2D eigenvalue weighted by Crippen LogP contribution is -2.19. The number of anilines is 1. The fourth-order valence-electron chi connectivity index (χ4n) is 2.89. The monoisotopic (exact) mass is 338 g/mol. The standard InChI is InChI=1S/C20H22N2O3/c1-13-6-5-7-17(14(13)2)21-20(23)12-22-9-8-16-18(22)10-15(24-3)11-19(16)25-4/h5-11H,12H2,1-4H3,(H,21,23). The van der Waals surface area contributed by atoms with E-state index < -0.39 is 0 Å². The molecule has 1 heterocycles. The summed E-state index contributed by atoms with van der Waals surface area (Å²) < 4.78 is 12.6. The highest BCUT2D eigenvalue weighted by Crippen LogP contribution is 2.32. The summed E-state index contributed by atoms with van der Waals surface area (Å²) in [6.45, 7) is 4.25. The van der Waals surface area contributed by atoms with Crippen LogP contribution in [-0.4, -0.2) is 24.7 Å². The zero-order chi connectivity index (χ0) is 18.0. The second-order valence-corrected chi connectivity index (χ2v) is 6.00. The van der Waals surface area contributed by atoms with Gasteiger partial charge in [-0.3, -0.25) is 4.79 Å². The molecule has 0 aliphatic heterocycles. The van der Waals surface area contributed by atoms with Crippen molar-refractivity contribution in [2.45, 2.75) is 20.4 Å². The average molecular weight is 338 g/mol. The molecule has 0 aliphatic rings. The molecule has 3 rings (SSSR count). The van der Waals surface area contributed by atoms with Gasteiger partial charge in [-0.05, 0) is 37.1 Å². The molecule has 0 unspecified atom stereocenters. The number of nitrogens with zero attached hydrogens (tertiary/aromatic N) is 1. The number of fused-ring (bicyclic) bond motifs is 1. The van der Waals surface area contributed by atoms with Crippen LogP contribution in [0.5, 0.6) is 11.5 Å². The molecule has 0 bridgehead atoms. The average Bonchev–Trinajstić information content (AvgIpc) is 3.00. The SMILES string of the molecule is COc1cc(OC)c2ccn(CC(=O)Nc3cccc(C)c3C)c2c1. The first kappa shape index (κ1) is 16.9. The predicted molar refractivity (Wildman–Crippen MR) is 99.6 cm³/mol. The smallest absolute Gasteiger partial charge is 0.244 e. The van der Waals surface area contributed by atoms with Crippen LogP contribution in [0.1, 0.15) is 11.1 Å². The predicted octanol–water partition coefficient (Wildman–Crippen LogP) is 3.91. The number of hydrogen-bond acceptors (Lipinski definition) is 3. The summed E-state index contributed by atoms with van der Waals surface area (Å²) in [4.78, 5) is 12.5. The minimum atomic E-state index is -0.0759. The van der Waals surface area contributed by atoms with Crippen molar-refractivity contribution in [3.05, 3.63) is 53.7 Å². The Morgan fingerprint density at radius 2 is 1.92 bits per heavy atom. The van der Waals surface area contributed by atoms with Gasteiger partial charge in [0.25, 0.3) is 0 Å². The van der Waals surface area contributed by atoms with Crippen molar-refractivity contribution in [1.29, 1.82) is 0 Å². The number of aryl methyl sites for hydroxylation is 1. The van der Waals surface area contributed by atoms with Crippen LogP contribution in [-0.2, 0) is 11.3 Å². The molecular formula is C20H22N2O3. The van der Waals surface area contributed by atoms with E-state index in [1.807, 2.05) is 61.0 Å². The summed E-state index contributed by atoms with van der Waals surface area (Å²) in [6.07, 6.45) is 1.88. The van der Waals surface area contributed by atoms with E-state index in [2.05, 4.69) is 5.32 Å². The molecule has 1 N–H and O–H groups in total.